The predicted molar refractivity (Wildman–Crippen MR) is 130 cm³/mol. The number of hydrogen-bond acceptors (Lipinski definition) is 11. The van der Waals surface area contributed by atoms with Crippen molar-refractivity contribution in [3.8, 4) is 0 Å². The molecule has 0 saturated heterocycles. The van der Waals surface area contributed by atoms with Gasteiger partial charge < -0.3 is 10.6 Å². The van der Waals surface area contributed by atoms with Crippen LogP contribution in [0.2, 0.25) is 0 Å². The van der Waals surface area contributed by atoms with Crippen molar-refractivity contribution in [2.24, 2.45) is 5.16 Å². The molecule has 1 aliphatic carbocycles. The van der Waals surface area contributed by atoms with Gasteiger partial charge in [-0.3, -0.25) is 10.1 Å². The minimum atomic E-state index is -3.36. The lowest BCUT2D eigenvalue weighted by atomic mass is 10.1. The van der Waals surface area contributed by atoms with Crippen LogP contribution >= 0.6 is 11.3 Å². The lowest BCUT2D eigenvalue weighted by molar-refractivity contribution is -0.110. The lowest BCUT2D eigenvalue weighted by Gasteiger charge is -2.08. The number of rotatable bonds is 8. The van der Waals surface area contributed by atoms with Gasteiger partial charge in [-0.05, 0) is 43.2 Å². The summed E-state index contributed by atoms with van der Waals surface area (Å²) in [5.41, 5.74) is 6.61. The first-order valence-corrected chi connectivity index (χ1v) is 12.9. The van der Waals surface area contributed by atoms with E-state index in [9.17, 15) is 13.2 Å². The molecule has 1 saturated carbocycles. The molecular formula is C22H19N7O4S2. The number of nitrogen functional groups attached to an aromatic ring is 1. The summed E-state index contributed by atoms with van der Waals surface area (Å²) >= 11 is 1.16. The van der Waals surface area contributed by atoms with Gasteiger partial charge in [0.05, 0.1) is 10.1 Å². The smallest absolute Gasteiger partial charge is 0.280 e. The SMILES string of the molecule is Nc1ccc2nc(NC(=O)C(=NOCc3ncccn3)c3ccc(S(=O)(=O)C4CC4)cc3)sc2n1. The second-order valence-corrected chi connectivity index (χ2v) is 10.9. The number of nitrogens with zero attached hydrogens (tertiary/aromatic N) is 5. The number of pyridine rings is 1. The van der Waals surface area contributed by atoms with Gasteiger partial charge in [0, 0.05) is 18.0 Å². The summed E-state index contributed by atoms with van der Waals surface area (Å²) in [7, 11) is -3.36. The van der Waals surface area contributed by atoms with Crippen molar-refractivity contribution in [2.45, 2.75) is 29.6 Å². The number of amides is 1. The quantitative estimate of drug-likeness (QED) is 0.268. The van der Waals surface area contributed by atoms with Crippen molar-refractivity contribution in [1.29, 1.82) is 0 Å². The zero-order valence-corrected chi connectivity index (χ0v) is 19.8. The molecule has 13 heteroatoms. The number of benzene rings is 1. The van der Waals surface area contributed by atoms with Crippen molar-refractivity contribution in [3.63, 3.8) is 0 Å². The van der Waals surface area contributed by atoms with Crippen molar-refractivity contribution in [2.75, 3.05) is 11.1 Å². The highest BCUT2D eigenvalue weighted by atomic mass is 32.2. The molecule has 4 aromatic rings. The number of carbonyl (C=O) groups is 1. The van der Waals surface area contributed by atoms with Crippen molar-refractivity contribution < 1.29 is 18.0 Å². The van der Waals surface area contributed by atoms with Crippen LogP contribution in [0.3, 0.4) is 0 Å². The van der Waals surface area contributed by atoms with Gasteiger partial charge >= 0.3 is 0 Å². The van der Waals surface area contributed by atoms with Gasteiger partial charge in [-0.2, -0.15) is 0 Å². The molecule has 3 aromatic heterocycles. The number of anilines is 2. The molecule has 0 aliphatic heterocycles. The topological polar surface area (TPSA) is 162 Å². The maximum absolute atomic E-state index is 13.1. The third-order valence-electron chi connectivity index (χ3n) is 5.10. The van der Waals surface area contributed by atoms with E-state index in [-0.39, 0.29) is 22.5 Å². The first-order chi connectivity index (χ1) is 16.9. The summed E-state index contributed by atoms with van der Waals surface area (Å²) in [5, 5.41) is 6.68. The van der Waals surface area contributed by atoms with Crippen LogP contribution in [0.1, 0.15) is 24.2 Å². The van der Waals surface area contributed by atoms with E-state index in [4.69, 9.17) is 10.6 Å². The normalized spacial score (nSPS) is 14.1. The Balaban J connectivity index is 1.41. The molecule has 5 rings (SSSR count). The molecule has 178 valence electrons. The van der Waals surface area contributed by atoms with Gasteiger partial charge in [-0.25, -0.2) is 28.4 Å². The summed E-state index contributed by atoms with van der Waals surface area (Å²) in [6, 6.07) is 11.0. The van der Waals surface area contributed by atoms with Crippen LogP contribution in [0, 0.1) is 0 Å². The number of nitrogens with two attached hydrogens (primary N) is 1. The Kier molecular flexibility index (Phi) is 6.09. The molecule has 0 bridgehead atoms. The Morgan fingerprint density at radius 3 is 2.57 bits per heavy atom. The summed E-state index contributed by atoms with van der Waals surface area (Å²) in [5.74, 6) is 0.138. The second-order valence-electron chi connectivity index (χ2n) is 7.68. The fourth-order valence-corrected chi connectivity index (χ4v) is 5.70. The fourth-order valence-electron chi connectivity index (χ4n) is 3.20. The monoisotopic (exact) mass is 509 g/mol. The van der Waals surface area contributed by atoms with E-state index < -0.39 is 15.7 Å². The van der Waals surface area contributed by atoms with Crippen molar-refractivity contribution in [1.82, 2.24) is 19.9 Å². The number of fused-ring (bicyclic) bond motifs is 1. The summed E-state index contributed by atoms with van der Waals surface area (Å²) < 4.78 is 25.0. The van der Waals surface area contributed by atoms with Crippen LogP contribution in [0.25, 0.3) is 10.3 Å². The van der Waals surface area contributed by atoms with E-state index in [2.05, 4.69) is 30.4 Å². The highest BCUT2D eigenvalue weighted by Gasteiger charge is 2.36. The number of oxime groups is 1. The van der Waals surface area contributed by atoms with E-state index >= 15 is 0 Å². The third-order valence-corrected chi connectivity index (χ3v) is 8.26. The molecule has 35 heavy (non-hydrogen) atoms. The highest BCUT2D eigenvalue weighted by Crippen LogP contribution is 2.33. The molecule has 1 aromatic carbocycles. The minimum Gasteiger partial charge on any atom is -0.387 e. The van der Waals surface area contributed by atoms with Crippen molar-refractivity contribution >= 4 is 54.1 Å². The van der Waals surface area contributed by atoms with Gasteiger partial charge in [-0.15, -0.1) is 0 Å². The zero-order chi connectivity index (χ0) is 24.4. The average molecular weight is 510 g/mol. The van der Waals surface area contributed by atoms with E-state index in [1.54, 1.807) is 30.6 Å². The predicted octanol–water partition coefficient (Wildman–Crippen LogP) is 2.56. The largest absolute Gasteiger partial charge is 0.387 e. The number of hydrogen-bond donors (Lipinski definition) is 2. The van der Waals surface area contributed by atoms with E-state index in [1.165, 1.54) is 24.3 Å². The van der Waals surface area contributed by atoms with Crippen LogP contribution in [0.15, 0.2) is 64.9 Å². The number of aromatic nitrogens is 4. The number of sulfone groups is 1. The molecule has 0 atom stereocenters. The highest BCUT2D eigenvalue weighted by molar-refractivity contribution is 7.92. The Morgan fingerprint density at radius 1 is 1.11 bits per heavy atom. The summed E-state index contributed by atoms with van der Waals surface area (Å²) in [6.07, 6.45) is 4.46. The average Bonchev–Trinajstić information content (AvgIpc) is 3.64. The molecule has 11 nitrogen and oxygen atoms in total. The van der Waals surface area contributed by atoms with E-state index in [0.29, 0.717) is 45.5 Å². The molecule has 1 aliphatic rings. The Bertz CT molecular complexity index is 1520. The molecule has 0 spiro atoms. The summed E-state index contributed by atoms with van der Waals surface area (Å²) in [6.45, 7) is -0.0594. The van der Waals surface area contributed by atoms with Gasteiger partial charge in [0.25, 0.3) is 5.91 Å². The van der Waals surface area contributed by atoms with Crippen molar-refractivity contribution in [3.05, 3.63) is 66.2 Å². The molecule has 3 N–H and O–H groups in total. The first-order valence-electron chi connectivity index (χ1n) is 10.5. The molecule has 1 fully saturated rings. The van der Waals surface area contributed by atoms with Gasteiger partial charge in [0.15, 0.2) is 33.1 Å². The molecule has 3 heterocycles. The molecule has 1 amide bonds. The Hall–Kier alpha value is -3.97. The maximum Gasteiger partial charge on any atom is 0.280 e. The minimum absolute atomic E-state index is 0.0594. The Morgan fingerprint density at radius 2 is 1.86 bits per heavy atom. The number of nitrogens with one attached hydrogen (secondary N) is 1. The van der Waals surface area contributed by atoms with E-state index in [0.717, 1.165) is 11.3 Å². The first kappa shape index (κ1) is 22.8. The van der Waals surface area contributed by atoms with E-state index in [1.807, 2.05) is 0 Å². The van der Waals surface area contributed by atoms with Crippen LogP contribution in [-0.2, 0) is 26.1 Å². The standard InChI is InChI=1S/C22H19N7O4S2/c23-17-9-8-16-21(27-17)34-22(26-16)28-20(30)19(29-33-12-18-24-10-1-11-25-18)13-2-4-14(5-3-13)35(31,32)15-6-7-15/h1-5,8-11,15H,6-7,12H2,(H2,23,27)(H,26,28,30). The molecular weight excluding hydrogens is 490 g/mol. The van der Waals surface area contributed by atoms with Crippen LogP contribution < -0.4 is 11.1 Å². The van der Waals surface area contributed by atoms with Gasteiger partial charge in [0.1, 0.15) is 16.2 Å². The maximum atomic E-state index is 13.1. The second kappa shape index (κ2) is 9.35. The Labute approximate surface area is 204 Å². The third kappa shape index (κ3) is 5.10. The number of carbonyl (C=O) groups excluding carboxylic acids is 1. The van der Waals surface area contributed by atoms with Crippen LogP contribution in [0.5, 0.6) is 0 Å². The zero-order valence-electron chi connectivity index (χ0n) is 18.2. The lowest BCUT2D eigenvalue weighted by Crippen LogP contribution is -2.24. The number of thiazole rings is 1. The molecule has 0 unspecified atom stereocenters. The van der Waals surface area contributed by atoms with Crippen LogP contribution in [-0.4, -0.2) is 45.2 Å². The van der Waals surface area contributed by atoms with Gasteiger partial charge in [-0.1, -0.05) is 28.6 Å². The van der Waals surface area contributed by atoms with Crippen LogP contribution in [0.4, 0.5) is 10.9 Å². The molecule has 0 radical (unpaired) electrons. The fraction of sp³-hybridized carbons (Fsp3) is 0.182. The van der Waals surface area contributed by atoms with Gasteiger partial charge in [0.2, 0.25) is 0 Å². The summed E-state index contributed by atoms with van der Waals surface area (Å²) in [4.78, 5) is 35.9.